The third kappa shape index (κ3) is 4.19. The molecule has 1 saturated heterocycles. The molecule has 4 rings (SSSR count). The number of rotatable bonds is 6. The molecule has 1 fully saturated rings. The van der Waals surface area contributed by atoms with Gasteiger partial charge in [0.05, 0.1) is 25.4 Å². The maximum atomic E-state index is 11.0. The maximum Gasteiger partial charge on any atom is 0.335 e. The predicted octanol–water partition coefficient (Wildman–Crippen LogP) is 5.51. The van der Waals surface area contributed by atoms with Gasteiger partial charge in [0, 0.05) is 5.92 Å². The highest BCUT2D eigenvalue weighted by molar-refractivity contribution is 5.87. The van der Waals surface area contributed by atoms with Crippen LogP contribution in [0.3, 0.4) is 0 Å². The topological polar surface area (TPSA) is 65.0 Å². The van der Waals surface area contributed by atoms with E-state index < -0.39 is 5.97 Å². The van der Waals surface area contributed by atoms with E-state index in [2.05, 4.69) is 32.9 Å². The number of carbonyl (C=O) groups is 1. The first-order chi connectivity index (χ1) is 14.9. The van der Waals surface area contributed by atoms with E-state index in [4.69, 9.17) is 19.3 Å². The van der Waals surface area contributed by atoms with Crippen molar-refractivity contribution >= 4 is 5.97 Å². The van der Waals surface area contributed by atoms with Crippen LogP contribution in [0.25, 0.3) is 0 Å². The van der Waals surface area contributed by atoms with Crippen molar-refractivity contribution < 1.29 is 24.1 Å². The average molecular weight is 423 g/mol. The number of benzene rings is 2. The van der Waals surface area contributed by atoms with Gasteiger partial charge in [0.2, 0.25) is 0 Å². The lowest BCUT2D eigenvalue weighted by atomic mass is 9.64. The molecule has 5 atom stereocenters. The van der Waals surface area contributed by atoms with Crippen LogP contribution in [0.1, 0.15) is 48.4 Å². The van der Waals surface area contributed by atoms with Gasteiger partial charge < -0.3 is 19.3 Å². The lowest BCUT2D eigenvalue weighted by Gasteiger charge is -2.47. The summed E-state index contributed by atoms with van der Waals surface area (Å²) in [6, 6.07) is 12.7. The number of aromatic carboxylic acids is 1. The minimum absolute atomic E-state index is 0.0153. The number of carboxylic acid groups (broad SMARTS) is 1. The van der Waals surface area contributed by atoms with Gasteiger partial charge in [-0.15, -0.1) is 0 Å². The fourth-order valence-corrected chi connectivity index (χ4v) is 5.13. The Morgan fingerprint density at radius 3 is 2.55 bits per heavy atom. The Hall–Kier alpha value is -2.79. The van der Waals surface area contributed by atoms with E-state index in [1.54, 1.807) is 31.4 Å². The van der Waals surface area contributed by atoms with Gasteiger partial charge >= 0.3 is 5.97 Å². The first-order valence-electron chi connectivity index (χ1n) is 10.8. The normalized spacial score (nSPS) is 27.4. The van der Waals surface area contributed by atoms with Crippen molar-refractivity contribution in [2.45, 2.75) is 33.5 Å². The van der Waals surface area contributed by atoms with Crippen LogP contribution in [-0.4, -0.2) is 24.8 Å². The zero-order valence-corrected chi connectivity index (χ0v) is 18.5. The SMILES string of the molecule is COc1cc([C@H]2OC[C@H]3[C@H](C)[C@@H]2C(C)=C[C@@H]3C)ccc1OCc1ccc(C(=O)O)cc1. The largest absolute Gasteiger partial charge is 0.493 e. The van der Waals surface area contributed by atoms with Crippen molar-refractivity contribution in [3.8, 4) is 11.5 Å². The quantitative estimate of drug-likeness (QED) is 0.622. The maximum absolute atomic E-state index is 11.0. The monoisotopic (exact) mass is 422 g/mol. The molecular weight excluding hydrogens is 392 g/mol. The number of hydrogen-bond acceptors (Lipinski definition) is 4. The summed E-state index contributed by atoms with van der Waals surface area (Å²) in [6.45, 7) is 7.97. The van der Waals surface area contributed by atoms with Crippen LogP contribution in [0, 0.1) is 23.7 Å². The van der Waals surface area contributed by atoms with Gasteiger partial charge in [0.1, 0.15) is 6.61 Å². The first kappa shape index (κ1) is 21.4. The molecule has 0 amide bonds. The minimum Gasteiger partial charge on any atom is -0.493 e. The standard InChI is InChI=1S/C26H30O5/c1-15-11-16(2)24-17(3)21(15)14-31-25(24)20-9-10-22(23(12-20)29-4)30-13-18-5-7-19(8-6-18)26(27)28/h5-12,15,17,21,24-25H,13-14H2,1-4H3,(H,27,28)/t15-,17-,21+,24-,25+/m0/s1. The zero-order chi connectivity index (χ0) is 22.1. The molecule has 31 heavy (non-hydrogen) atoms. The highest BCUT2D eigenvalue weighted by Gasteiger charge is 2.43. The second-order valence-corrected chi connectivity index (χ2v) is 8.77. The molecule has 2 bridgehead atoms. The molecule has 5 nitrogen and oxygen atoms in total. The van der Waals surface area contributed by atoms with E-state index in [1.807, 2.05) is 12.1 Å². The zero-order valence-electron chi connectivity index (χ0n) is 18.5. The first-order valence-corrected chi connectivity index (χ1v) is 10.8. The van der Waals surface area contributed by atoms with Crippen LogP contribution in [0.15, 0.2) is 54.1 Å². The molecule has 1 N–H and O–H groups in total. The van der Waals surface area contributed by atoms with Crippen molar-refractivity contribution in [3.05, 3.63) is 70.8 Å². The Bertz CT molecular complexity index is 978. The van der Waals surface area contributed by atoms with Crippen molar-refractivity contribution in [2.75, 3.05) is 13.7 Å². The molecule has 0 saturated carbocycles. The summed E-state index contributed by atoms with van der Waals surface area (Å²) in [5.41, 5.74) is 3.66. The summed E-state index contributed by atoms with van der Waals surface area (Å²) in [4.78, 5) is 11.0. The van der Waals surface area contributed by atoms with Crippen molar-refractivity contribution in [3.63, 3.8) is 0 Å². The Labute approximate surface area is 183 Å². The number of methoxy groups -OCH3 is 1. The van der Waals surface area contributed by atoms with Crippen molar-refractivity contribution in [1.29, 1.82) is 0 Å². The second kappa shape index (κ2) is 8.75. The van der Waals surface area contributed by atoms with Crippen LogP contribution in [-0.2, 0) is 11.3 Å². The second-order valence-electron chi connectivity index (χ2n) is 8.77. The number of fused-ring (bicyclic) bond motifs is 2. The van der Waals surface area contributed by atoms with Gasteiger partial charge in [-0.1, -0.05) is 43.7 Å². The molecule has 164 valence electrons. The van der Waals surface area contributed by atoms with Crippen LogP contribution < -0.4 is 9.47 Å². The van der Waals surface area contributed by atoms with E-state index in [0.717, 1.165) is 17.7 Å². The third-order valence-corrected chi connectivity index (χ3v) is 6.87. The lowest BCUT2D eigenvalue weighted by molar-refractivity contribution is -0.0935. The fraction of sp³-hybridized carbons (Fsp3) is 0.423. The summed E-state index contributed by atoms with van der Waals surface area (Å²) in [6.07, 6.45) is 2.43. The average Bonchev–Trinajstić information content (AvgIpc) is 2.76. The lowest BCUT2D eigenvalue weighted by Crippen LogP contribution is -2.42. The Morgan fingerprint density at radius 1 is 1.13 bits per heavy atom. The molecule has 2 aliphatic rings. The molecule has 2 aromatic rings. The number of allylic oxidation sites excluding steroid dienone is 1. The summed E-state index contributed by atoms with van der Waals surface area (Å²) in [7, 11) is 1.64. The molecule has 1 aliphatic carbocycles. The molecule has 1 heterocycles. The van der Waals surface area contributed by atoms with E-state index in [1.165, 1.54) is 5.57 Å². The van der Waals surface area contributed by atoms with Crippen LogP contribution >= 0.6 is 0 Å². The van der Waals surface area contributed by atoms with E-state index in [-0.39, 0.29) is 11.7 Å². The van der Waals surface area contributed by atoms with Gasteiger partial charge in [-0.25, -0.2) is 4.79 Å². The smallest absolute Gasteiger partial charge is 0.335 e. The molecule has 5 heteroatoms. The van der Waals surface area contributed by atoms with Crippen LogP contribution in [0.2, 0.25) is 0 Å². The van der Waals surface area contributed by atoms with Crippen molar-refractivity contribution in [1.82, 2.24) is 0 Å². The molecular formula is C26H30O5. The third-order valence-electron chi connectivity index (χ3n) is 6.87. The molecule has 0 spiro atoms. The van der Waals surface area contributed by atoms with E-state index in [9.17, 15) is 4.79 Å². The number of ether oxygens (including phenoxy) is 3. The molecule has 1 aliphatic heterocycles. The van der Waals surface area contributed by atoms with Gasteiger partial charge in [-0.2, -0.15) is 0 Å². The Morgan fingerprint density at radius 2 is 1.87 bits per heavy atom. The Balaban J connectivity index is 1.52. The van der Waals surface area contributed by atoms with E-state index in [0.29, 0.717) is 41.8 Å². The number of hydrogen-bond donors (Lipinski definition) is 1. The minimum atomic E-state index is -0.937. The van der Waals surface area contributed by atoms with Crippen LogP contribution in [0.4, 0.5) is 0 Å². The van der Waals surface area contributed by atoms with Crippen LogP contribution in [0.5, 0.6) is 11.5 Å². The highest BCUT2D eigenvalue weighted by Crippen LogP contribution is 2.50. The summed E-state index contributed by atoms with van der Waals surface area (Å²) in [5, 5.41) is 9.02. The fourth-order valence-electron chi connectivity index (χ4n) is 5.13. The number of carboxylic acids is 1. The Kier molecular flexibility index (Phi) is 6.05. The van der Waals surface area contributed by atoms with E-state index >= 15 is 0 Å². The van der Waals surface area contributed by atoms with Gasteiger partial charge in [0.15, 0.2) is 11.5 Å². The van der Waals surface area contributed by atoms with Crippen molar-refractivity contribution in [2.24, 2.45) is 23.7 Å². The summed E-state index contributed by atoms with van der Waals surface area (Å²) in [5.74, 6) is 2.47. The van der Waals surface area contributed by atoms with Gasteiger partial charge in [-0.3, -0.25) is 0 Å². The summed E-state index contributed by atoms with van der Waals surface area (Å²) >= 11 is 0. The predicted molar refractivity (Wildman–Crippen MR) is 118 cm³/mol. The van der Waals surface area contributed by atoms with Gasteiger partial charge in [0.25, 0.3) is 0 Å². The summed E-state index contributed by atoms with van der Waals surface area (Å²) < 4.78 is 17.9. The molecule has 0 radical (unpaired) electrons. The molecule has 2 aromatic carbocycles. The highest BCUT2D eigenvalue weighted by atomic mass is 16.5. The van der Waals surface area contributed by atoms with Gasteiger partial charge in [-0.05, 0) is 60.1 Å². The molecule has 0 unspecified atom stereocenters. The molecule has 0 aromatic heterocycles.